The van der Waals surface area contributed by atoms with Gasteiger partial charge in [-0.15, -0.1) is 0 Å². The van der Waals surface area contributed by atoms with Crippen molar-refractivity contribution >= 4 is 0 Å². The van der Waals surface area contributed by atoms with Crippen LogP contribution in [0.1, 0.15) is 33.6 Å². The van der Waals surface area contributed by atoms with Crippen molar-refractivity contribution in [2.45, 2.75) is 45.2 Å². The van der Waals surface area contributed by atoms with Gasteiger partial charge in [0, 0.05) is 24.7 Å². The number of rotatable bonds is 5. The van der Waals surface area contributed by atoms with E-state index in [0.717, 1.165) is 12.6 Å². The van der Waals surface area contributed by atoms with Crippen molar-refractivity contribution in [3.05, 3.63) is 0 Å². The number of nitrogens with zero attached hydrogens (tertiary/aromatic N) is 2. The van der Waals surface area contributed by atoms with E-state index in [4.69, 9.17) is 0 Å². The minimum Gasteiger partial charge on any atom is -0.309 e. The summed E-state index contributed by atoms with van der Waals surface area (Å²) in [6, 6.07) is 0.732. The van der Waals surface area contributed by atoms with Crippen molar-refractivity contribution in [1.29, 1.82) is 0 Å². The van der Waals surface area contributed by atoms with Gasteiger partial charge in [0.1, 0.15) is 0 Å². The standard InChI is InChI=1S/C13H29N3/c1-6-12-10-14-13(2,3)11-16(12)9-7-8-15(4)5/h12,14H,6-11H2,1-5H3. The monoisotopic (exact) mass is 227 g/mol. The fourth-order valence-electron chi connectivity index (χ4n) is 2.47. The van der Waals surface area contributed by atoms with Gasteiger partial charge < -0.3 is 10.2 Å². The third-order valence-corrected chi connectivity index (χ3v) is 3.45. The highest BCUT2D eigenvalue weighted by Gasteiger charge is 2.30. The second kappa shape index (κ2) is 5.99. The molecule has 0 saturated carbocycles. The molecule has 0 aromatic rings. The van der Waals surface area contributed by atoms with E-state index in [1.165, 1.54) is 32.5 Å². The molecule has 0 bridgehead atoms. The Hall–Kier alpha value is -0.120. The lowest BCUT2D eigenvalue weighted by Gasteiger charge is -2.44. The normalized spacial score (nSPS) is 26.2. The molecule has 3 heteroatoms. The summed E-state index contributed by atoms with van der Waals surface area (Å²) in [5, 5.41) is 3.64. The Labute approximate surface area is 101 Å². The summed E-state index contributed by atoms with van der Waals surface area (Å²) in [7, 11) is 4.30. The molecule has 1 atom stereocenters. The van der Waals surface area contributed by atoms with Crippen LogP contribution in [-0.4, -0.2) is 61.7 Å². The second-order valence-corrected chi connectivity index (χ2v) is 5.95. The van der Waals surface area contributed by atoms with E-state index in [9.17, 15) is 0 Å². The predicted molar refractivity (Wildman–Crippen MR) is 70.9 cm³/mol. The van der Waals surface area contributed by atoms with Crippen LogP contribution >= 0.6 is 0 Å². The van der Waals surface area contributed by atoms with Crippen LogP contribution in [0.15, 0.2) is 0 Å². The predicted octanol–water partition coefficient (Wildman–Crippen LogP) is 1.40. The topological polar surface area (TPSA) is 18.5 Å². The van der Waals surface area contributed by atoms with E-state index >= 15 is 0 Å². The Morgan fingerprint density at radius 2 is 2.06 bits per heavy atom. The fraction of sp³-hybridized carbons (Fsp3) is 1.00. The highest BCUT2D eigenvalue weighted by Crippen LogP contribution is 2.17. The molecule has 0 amide bonds. The lowest BCUT2D eigenvalue weighted by molar-refractivity contribution is 0.0894. The van der Waals surface area contributed by atoms with Gasteiger partial charge in [0.05, 0.1) is 0 Å². The lowest BCUT2D eigenvalue weighted by Crippen LogP contribution is -2.61. The second-order valence-electron chi connectivity index (χ2n) is 5.95. The van der Waals surface area contributed by atoms with Crippen LogP contribution in [0, 0.1) is 0 Å². The maximum Gasteiger partial charge on any atom is 0.0252 e. The van der Waals surface area contributed by atoms with Crippen LogP contribution in [0.3, 0.4) is 0 Å². The van der Waals surface area contributed by atoms with Crippen molar-refractivity contribution in [2.24, 2.45) is 0 Å². The summed E-state index contributed by atoms with van der Waals surface area (Å²) >= 11 is 0. The van der Waals surface area contributed by atoms with Crippen LogP contribution in [-0.2, 0) is 0 Å². The highest BCUT2D eigenvalue weighted by molar-refractivity contribution is 4.91. The minimum atomic E-state index is 0.282. The van der Waals surface area contributed by atoms with Gasteiger partial charge in [0.25, 0.3) is 0 Å². The largest absolute Gasteiger partial charge is 0.309 e. The van der Waals surface area contributed by atoms with Crippen molar-refractivity contribution in [1.82, 2.24) is 15.1 Å². The number of nitrogens with one attached hydrogen (secondary N) is 1. The van der Waals surface area contributed by atoms with E-state index in [-0.39, 0.29) is 5.54 Å². The van der Waals surface area contributed by atoms with E-state index < -0.39 is 0 Å². The summed E-state index contributed by atoms with van der Waals surface area (Å²) in [5.41, 5.74) is 0.282. The third kappa shape index (κ3) is 4.40. The molecule has 0 aliphatic carbocycles. The van der Waals surface area contributed by atoms with E-state index in [0.29, 0.717) is 0 Å². The zero-order valence-electron chi connectivity index (χ0n) is 11.7. The van der Waals surface area contributed by atoms with Crippen LogP contribution in [0.25, 0.3) is 0 Å². The molecule has 1 fully saturated rings. The van der Waals surface area contributed by atoms with Gasteiger partial charge in [-0.3, -0.25) is 4.90 Å². The lowest BCUT2D eigenvalue weighted by atomic mass is 9.97. The molecule has 0 aromatic heterocycles. The molecule has 0 aromatic carbocycles. The van der Waals surface area contributed by atoms with Gasteiger partial charge in [-0.2, -0.15) is 0 Å². The van der Waals surface area contributed by atoms with Gasteiger partial charge in [-0.05, 0) is 53.9 Å². The van der Waals surface area contributed by atoms with Gasteiger partial charge in [0.2, 0.25) is 0 Å². The molecule has 1 heterocycles. The SMILES string of the molecule is CCC1CNC(C)(C)CN1CCCN(C)C. The minimum absolute atomic E-state index is 0.282. The van der Waals surface area contributed by atoms with Crippen LogP contribution in [0.5, 0.6) is 0 Å². The van der Waals surface area contributed by atoms with Crippen LogP contribution in [0.2, 0.25) is 0 Å². The Bertz CT molecular complexity index is 201. The molecule has 96 valence electrons. The van der Waals surface area contributed by atoms with Gasteiger partial charge in [0.15, 0.2) is 0 Å². The molecule has 1 rings (SSSR count). The molecule has 1 unspecified atom stereocenters. The van der Waals surface area contributed by atoms with Crippen molar-refractivity contribution in [3.8, 4) is 0 Å². The summed E-state index contributed by atoms with van der Waals surface area (Å²) in [4.78, 5) is 4.94. The van der Waals surface area contributed by atoms with Crippen molar-refractivity contribution in [2.75, 3.05) is 40.3 Å². The molecule has 1 aliphatic heterocycles. The molecule has 1 N–H and O–H groups in total. The first kappa shape index (κ1) is 13.9. The van der Waals surface area contributed by atoms with Crippen LogP contribution in [0.4, 0.5) is 0 Å². The first-order valence-electron chi connectivity index (χ1n) is 6.58. The maximum absolute atomic E-state index is 3.64. The maximum atomic E-state index is 3.64. The molecule has 3 nitrogen and oxygen atoms in total. The Kier molecular flexibility index (Phi) is 5.22. The van der Waals surface area contributed by atoms with Gasteiger partial charge >= 0.3 is 0 Å². The molecule has 1 aliphatic rings. The summed E-state index contributed by atoms with van der Waals surface area (Å²) < 4.78 is 0. The fourth-order valence-corrected chi connectivity index (χ4v) is 2.47. The Balaban J connectivity index is 2.39. The third-order valence-electron chi connectivity index (χ3n) is 3.45. The molecule has 0 spiro atoms. The molecule has 16 heavy (non-hydrogen) atoms. The summed E-state index contributed by atoms with van der Waals surface area (Å²) in [5.74, 6) is 0. The van der Waals surface area contributed by atoms with Crippen LogP contribution < -0.4 is 5.32 Å². The zero-order valence-corrected chi connectivity index (χ0v) is 11.7. The Morgan fingerprint density at radius 3 is 2.62 bits per heavy atom. The summed E-state index contributed by atoms with van der Waals surface area (Å²) in [6.45, 7) is 11.7. The number of hydrogen-bond acceptors (Lipinski definition) is 3. The average molecular weight is 227 g/mol. The number of hydrogen-bond donors (Lipinski definition) is 1. The number of piperazine rings is 1. The van der Waals surface area contributed by atoms with E-state index in [1.807, 2.05) is 0 Å². The quantitative estimate of drug-likeness (QED) is 0.766. The first-order chi connectivity index (χ1) is 7.44. The highest BCUT2D eigenvalue weighted by atomic mass is 15.2. The van der Waals surface area contributed by atoms with Crippen molar-refractivity contribution in [3.63, 3.8) is 0 Å². The summed E-state index contributed by atoms with van der Waals surface area (Å²) in [6.07, 6.45) is 2.53. The molecule has 1 saturated heterocycles. The van der Waals surface area contributed by atoms with Crippen molar-refractivity contribution < 1.29 is 0 Å². The molecule has 0 radical (unpaired) electrons. The smallest absolute Gasteiger partial charge is 0.0252 e. The van der Waals surface area contributed by atoms with Gasteiger partial charge in [-0.1, -0.05) is 6.92 Å². The van der Waals surface area contributed by atoms with Gasteiger partial charge in [-0.25, -0.2) is 0 Å². The van der Waals surface area contributed by atoms with E-state index in [2.05, 4.69) is 50.0 Å². The zero-order chi connectivity index (χ0) is 12.2. The first-order valence-corrected chi connectivity index (χ1v) is 6.58. The molecular formula is C13H29N3. The van der Waals surface area contributed by atoms with E-state index in [1.54, 1.807) is 0 Å². The average Bonchev–Trinajstić information content (AvgIpc) is 2.16. The Morgan fingerprint density at radius 1 is 1.38 bits per heavy atom. The molecular weight excluding hydrogens is 198 g/mol.